The van der Waals surface area contributed by atoms with Crippen LogP contribution < -0.4 is 0 Å². The molecule has 0 fully saturated rings. The van der Waals surface area contributed by atoms with Crippen molar-refractivity contribution >= 4 is 0 Å². The number of hydrogen-bond donors (Lipinski definition) is 0. The molecule has 0 aromatic heterocycles. The Kier molecular flexibility index (Phi) is 8.98. The van der Waals surface area contributed by atoms with Gasteiger partial charge in [-0.1, -0.05) is 26.2 Å². The van der Waals surface area contributed by atoms with Gasteiger partial charge in [0.2, 0.25) is 6.29 Å². The fourth-order valence-corrected chi connectivity index (χ4v) is 1.14. The molecule has 0 rings (SSSR count). The Morgan fingerprint density at radius 3 is 2.54 bits per heavy atom. The first kappa shape index (κ1) is 12.4. The average molecular weight is 189 g/mol. The minimum atomic E-state index is -0.445. The first-order valence-electron chi connectivity index (χ1n) is 4.95. The number of hydrogen-bond acceptors (Lipinski definition) is 4. The molecule has 0 aromatic rings. The maximum atomic E-state index is 9.83. The van der Waals surface area contributed by atoms with E-state index >= 15 is 0 Å². The maximum Gasteiger partial charge on any atom is 0.230 e. The van der Waals surface area contributed by atoms with Crippen molar-refractivity contribution in [1.29, 1.82) is 0 Å². The highest BCUT2D eigenvalue weighted by molar-refractivity contribution is 4.46. The first-order valence-corrected chi connectivity index (χ1v) is 4.95. The van der Waals surface area contributed by atoms with Crippen LogP contribution in [0.5, 0.6) is 0 Å². The smallest absolute Gasteiger partial charge is 0.230 e. The normalized spacial score (nSPS) is 12.5. The molecule has 0 saturated carbocycles. The predicted molar refractivity (Wildman–Crippen MR) is 51.1 cm³/mol. The Morgan fingerprint density at radius 1 is 1.23 bits per heavy atom. The Morgan fingerprint density at radius 2 is 2.00 bits per heavy atom. The molecule has 0 radical (unpaired) electrons. The number of ether oxygens (including phenoxy) is 1. The van der Waals surface area contributed by atoms with Crippen molar-refractivity contribution in [1.82, 2.24) is 0 Å². The van der Waals surface area contributed by atoms with Gasteiger partial charge in [-0.05, 0) is 13.3 Å². The van der Waals surface area contributed by atoms with Crippen LogP contribution in [0.4, 0.5) is 0 Å². The molecule has 0 aliphatic heterocycles. The van der Waals surface area contributed by atoms with Crippen LogP contribution >= 0.6 is 0 Å². The van der Waals surface area contributed by atoms with Gasteiger partial charge in [0, 0.05) is 13.0 Å². The summed E-state index contributed by atoms with van der Waals surface area (Å²) < 4.78 is 5.15. The van der Waals surface area contributed by atoms with E-state index in [9.17, 15) is 4.91 Å². The Balaban J connectivity index is 3.38. The lowest BCUT2D eigenvalue weighted by atomic mass is 10.1. The van der Waals surface area contributed by atoms with E-state index in [2.05, 4.69) is 17.1 Å². The Bertz CT molecular complexity index is 119. The van der Waals surface area contributed by atoms with E-state index in [4.69, 9.17) is 4.74 Å². The van der Waals surface area contributed by atoms with Crippen LogP contribution in [-0.4, -0.2) is 12.9 Å². The predicted octanol–water partition coefficient (Wildman–Crippen LogP) is 3.02. The van der Waals surface area contributed by atoms with Gasteiger partial charge < -0.3 is 9.57 Å². The molecule has 0 aromatic carbocycles. The van der Waals surface area contributed by atoms with Crippen molar-refractivity contribution in [3.8, 4) is 0 Å². The summed E-state index contributed by atoms with van der Waals surface area (Å²) in [6.45, 7) is 4.57. The zero-order valence-corrected chi connectivity index (χ0v) is 8.49. The summed E-state index contributed by atoms with van der Waals surface area (Å²) in [6.07, 6.45) is 4.90. The van der Waals surface area contributed by atoms with Crippen LogP contribution in [0, 0.1) is 4.91 Å². The molecule has 0 amide bonds. The summed E-state index contributed by atoms with van der Waals surface area (Å²) in [5, 5.41) is 2.38. The standard InChI is InChI=1S/C9H19NO3/c1-3-5-6-7-8-9(12-4-2)13-10-11/h9H,3-8H2,1-2H3. The van der Waals surface area contributed by atoms with Gasteiger partial charge in [-0.25, -0.2) is 0 Å². The lowest BCUT2D eigenvalue weighted by Gasteiger charge is -2.12. The van der Waals surface area contributed by atoms with Gasteiger partial charge in [0.1, 0.15) is 0 Å². The molecular formula is C9H19NO3. The van der Waals surface area contributed by atoms with Crippen molar-refractivity contribution in [2.45, 2.75) is 52.2 Å². The van der Waals surface area contributed by atoms with Gasteiger partial charge >= 0.3 is 0 Å². The van der Waals surface area contributed by atoms with E-state index in [0.29, 0.717) is 6.61 Å². The zero-order chi connectivity index (χ0) is 9.94. The van der Waals surface area contributed by atoms with Crippen molar-refractivity contribution < 1.29 is 9.57 Å². The van der Waals surface area contributed by atoms with Gasteiger partial charge in [-0.3, -0.25) is 0 Å². The second-order valence-corrected chi connectivity index (χ2v) is 2.91. The highest BCUT2D eigenvalue weighted by Crippen LogP contribution is 2.09. The van der Waals surface area contributed by atoms with E-state index in [1.54, 1.807) is 0 Å². The van der Waals surface area contributed by atoms with E-state index in [0.717, 1.165) is 19.3 Å². The topological polar surface area (TPSA) is 47.9 Å². The van der Waals surface area contributed by atoms with Crippen LogP contribution in [0.15, 0.2) is 5.34 Å². The lowest BCUT2D eigenvalue weighted by Crippen LogP contribution is -2.14. The summed E-state index contributed by atoms with van der Waals surface area (Å²) in [7, 11) is 0. The minimum Gasteiger partial charge on any atom is -0.341 e. The molecule has 0 aliphatic rings. The van der Waals surface area contributed by atoms with Crippen molar-refractivity contribution in [3.63, 3.8) is 0 Å². The summed E-state index contributed by atoms with van der Waals surface area (Å²) in [5.41, 5.74) is 0. The molecule has 4 nitrogen and oxygen atoms in total. The maximum absolute atomic E-state index is 9.83. The van der Waals surface area contributed by atoms with Crippen molar-refractivity contribution in [3.05, 3.63) is 4.91 Å². The van der Waals surface area contributed by atoms with Crippen LogP contribution in [0.1, 0.15) is 46.0 Å². The van der Waals surface area contributed by atoms with Crippen LogP contribution in [-0.2, 0) is 9.57 Å². The number of unbranched alkanes of at least 4 members (excludes halogenated alkanes) is 3. The third-order valence-electron chi connectivity index (χ3n) is 1.81. The average Bonchev–Trinajstić information content (AvgIpc) is 2.13. The summed E-state index contributed by atoms with van der Waals surface area (Å²) >= 11 is 0. The van der Waals surface area contributed by atoms with Gasteiger partial charge in [-0.2, -0.15) is 0 Å². The fraction of sp³-hybridized carbons (Fsp3) is 1.00. The first-order chi connectivity index (χ1) is 6.35. The number of rotatable bonds is 9. The second kappa shape index (κ2) is 9.45. The highest BCUT2D eigenvalue weighted by Gasteiger charge is 2.08. The molecule has 0 N–H and O–H groups in total. The number of nitrogens with zero attached hydrogens (tertiary/aromatic N) is 1. The van der Waals surface area contributed by atoms with Gasteiger partial charge in [0.05, 0.1) is 0 Å². The molecule has 78 valence electrons. The van der Waals surface area contributed by atoms with Gasteiger partial charge in [-0.15, -0.1) is 4.91 Å². The SMILES string of the molecule is CCCCCCC(OCC)ON=O. The van der Waals surface area contributed by atoms with E-state index in [1.165, 1.54) is 12.8 Å². The summed E-state index contributed by atoms with van der Waals surface area (Å²) in [6, 6.07) is 0. The fourth-order valence-electron chi connectivity index (χ4n) is 1.14. The third-order valence-corrected chi connectivity index (χ3v) is 1.81. The van der Waals surface area contributed by atoms with Gasteiger partial charge in [0.15, 0.2) is 5.34 Å². The van der Waals surface area contributed by atoms with Crippen molar-refractivity contribution in [2.24, 2.45) is 5.34 Å². The molecule has 0 saturated heterocycles. The highest BCUT2D eigenvalue weighted by atomic mass is 16.8. The molecule has 1 atom stereocenters. The van der Waals surface area contributed by atoms with Crippen LogP contribution in [0.2, 0.25) is 0 Å². The second-order valence-electron chi connectivity index (χ2n) is 2.91. The molecule has 4 heteroatoms. The molecule has 1 unspecified atom stereocenters. The summed E-state index contributed by atoms with van der Waals surface area (Å²) in [4.78, 5) is 14.3. The third kappa shape index (κ3) is 7.71. The zero-order valence-electron chi connectivity index (χ0n) is 8.49. The van der Waals surface area contributed by atoms with Crippen LogP contribution in [0.25, 0.3) is 0 Å². The Hall–Kier alpha value is -0.640. The van der Waals surface area contributed by atoms with Crippen molar-refractivity contribution in [2.75, 3.05) is 6.61 Å². The largest absolute Gasteiger partial charge is 0.341 e. The molecule has 0 spiro atoms. The molecule has 0 aliphatic carbocycles. The van der Waals surface area contributed by atoms with E-state index in [1.807, 2.05) is 6.92 Å². The molecule has 0 bridgehead atoms. The quantitative estimate of drug-likeness (QED) is 0.242. The minimum absolute atomic E-state index is 0.445. The monoisotopic (exact) mass is 189 g/mol. The summed E-state index contributed by atoms with van der Waals surface area (Å²) in [5.74, 6) is 0. The van der Waals surface area contributed by atoms with Gasteiger partial charge in [0.25, 0.3) is 0 Å². The van der Waals surface area contributed by atoms with E-state index in [-0.39, 0.29) is 0 Å². The van der Waals surface area contributed by atoms with Crippen LogP contribution in [0.3, 0.4) is 0 Å². The Labute approximate surface area is 79.5 Å². The molecule has 0 heterocycles. The lowest BCUT2D eigenvalue weighted by molar-refractivity contribution is -0.144. The molecule has 13 heavy (non-hydrogen) atoms. The molecular weight excluding hydrogens is 170 g/mol. The van der Waals surface area contributed by atoms with E-state index < -0.39 is 6.29 Å².